The molecule has 0 heterocycles. The van der Waals surface area contributed by atoms with Gasteiger partial charge in [0.05, 0.1) is 13.1 Å². The molecule has 0 saturated carbocycles. The smallest absolute Gasteiger partial charge is 0.305 e. The molecule has 0 amide bonds. The van der Waals surface area contributed by atoms with Crippen LogP contribution in [0, 0.1) is 5.41 Å². The van der Waals surface area contributed by atoms with Gasteiger partial charge in [-0.1, -0.05) is 39.5 Å². The van der Waals surface area contributed by atoms with Gasteiger partial charge in [-0.25, -0.2) is 10.4 Å². The number of guanidine groups is 2. The van der Waals surface area contributed by atoms with Crippen LogP contribution in [0.15, 0.2) is 4.99 Å². The number of rotatable bonds is 12. The monoisotopic (exact) mass is 389 g/mol. The van der Waals surface area contributed by atoms with E-state index in [-0.39, 0.29) is 12.4 Å². The van der Waals surface area contributed by atoms with Crippen LogP contribution in [-0.2, 0) is 0 Å². The van der Waals surface area contributed by atoms with Crippen molar-refractivity contribution in [3.05, 3.63) is 0 Å². The summed E-state index contributed by atoms with van der Waals surface area (Å²) in [4.78, 5) is 7.05. The highest BCUT2D eigenvalue weighted by Gasteiger charge is 2.39. The molecule has 0 fully saturated rings. The Bertz CT molecular complexity index is 370. The average Bonchev–Trinajstić information content (AvgIpc) is 2.62. The summed E-state index contributed by atoms with van der Waals surface area (Å²) in [6.07, 6.45) is 7.24. The quantitative estimate of drug-likeness (QED) is 0.230. The van der Waals surface area contributed by atoms with Gasteiger partial charge in [0.2, 0.25) is 0 Å². The summed E-state index contributed by atoms with van der Waals surface area (Å²) in [6, 6.07) is 0. The van der Waals surface area contributed by atoms with Crippen molar-refractivity contribution < 1.29 is 16.9 Å². The highest BCUT2D eigenvalue weighted by molar-refractivity contribution is 5.87. The summed E-state index contributed by atoms with van der Waals surface area (Å²) in [5.41, 5.74) is 0. The minimum atomic E-state index is 0. The van der Waals surface area contributed by atoms with Crippen LogP contribution >= 0.6 is 0 Å². The van der Waals surface area contributed by atoms with E-state index in [0.717, 1.165) is 45.2 Å². The Labute approximate surface area is 169 Å². The number of nitrogens with one attached hydrogen (secondary N) is 2. The molecular weight excluding hydrogens is 346 g/mol. The maximum absolute atomic E-state index is 9.09. The van der Waals surface area contributed by atoms with Crippen LogP contribution in [0.5, 0.6) is 0 Å². The Kier molecular flexibility index (Phi) is 17.3. The van der Waals surface area contributed by atoms with E-state index in [0.29, 0.717) is 10.4 Å². The second kappa shape index (κ2) is 16.4. The zero-order valence-corrected chi connectivity index (χ0v) is 19.0. The molecule has 26 heavy (non-hydrogen) atoms. The van der Waals surface area contributed by atoms with E-state index < -0.39 is 0 Å². The molecule has 0 bridgehead atoms. The first-order valence-electron chi connectivity index (χ1n) is 10.6. The van der Waals surface area contributed by atoms with Crippen LogP contribution in [0.1, 0.15) is 80.1 Å². The van der Waals surface area contributed by atoms with Gasteiger partial charge in [0.1, 0.15) is 0 Å². The van der Waals surface area contributed by atoms with Crippen LogP contribution in [-0.4, -0.2) is 60.6 Å². The summed E-state index contributed by atoms with van der Waals surface area (Å²) in [5.74, 6) is 1.67. The summed E-state index contributed by atoms with van der Waals surface area (Å²) in [5, 5.41) is 12.5. The van der Waals surface area contributed by atoms with Gasteiger partial charge in [-0.2, -0.15) is 4.48 Å². The third-order valence-electron chi connectivity index (χ3n) is 4.90. The first-order valence-corrected chi connectivity index (χ1v) is 10.6. The Morgan fingerprint density at radius 1 is 0.885 bits per heavy atom. The number of quaternary nitrogens is 1. The molecule has 0 spiro atoms. The maximum Gasteiger partial charge on any atom is 0.305 e. The van der Waals surface area contributed by atoms with E-state index in [1.54, 1.807) is 0 Å². The molecule has 0 aromatic carbocycles. The lowest BCUT2D eigenvalue weighted by atomic mass is 10.2. The topological polar surface area (TPSA) is 51.5 Å². The predicted octanol–water partition coefficient (Wildman–Crippen LogP) is 1.45. The van der Waals surface area contributed by atoms with Crippen LogP contribution in [0.3, 0.4) is 0 Å². The largest absolute Gasteiger partial charge is 1.00 e. The minimum absolute atomic E-state index is 0. The summed E-state index contributed by atoms with van der Waals surface area (Å²) in [6.45, 7) is 18.3. The Balaban J connectivity index is 0. The first-order chi connectivity index (χ1) is 12.1. The van der Waals surface area contributed by atoms with Crippen molar-refractivity contribution in [3.63, 3.8) is 0 Å². The SMILES string of the molecule is CCCCCN(CCCCC)C(=N)[N+](CC)(CC)C(=NCC)NCC.[Cl-]. The lowest BCUT2D eigenvalue weighted by molar-refractivity contribution is -0.754. The second-order valence-corrected chi connectivity index (χ2v) is 6.65. The summed E-state index contributed by atoms with van der Waals surface area (Å²) in [7, 11) is 0. The maximum atomic E-state index is 9.09. The molecule has 2 N–H and O–H groups in total. The molecule has 0 unspecified atom stereocenters. The van der Waals surface area contributed by atoms with Crippen molar-refractivity contribution in [1.82, 2.24) is 10.2 Å². The number of nitrogens with zero attached hydrogens (tertiary/aromatic N) is 3. The number of halogens is 1. The summed E-state index contributed by atoms with van der Waals surface area (Å²) >= 11 is 0. The molecule has 0 saturated heterocycles. The molecule has 0 radical (unpaired) electrons. The molecule has 0 aliphatic heterocycles. The van der Waals surface area contributed by atoms with Crippen LogP contribution in [0.25, 0.3) is 0 Å². The Hall–Kier alpha value is -0.810. The molecule has 0 aromatic heterocycles. The number of hydrogen-bond acceptors (Lipinski definition) is 2. The predicted molar refractivity (Wildman–Crippen MR) is 111 cm³/mol. The highest BCUT2D eigenvalue weighted by atomic mass is 35.5. The number of unbranched alkanes of at least 4 members (excludes halogenated alkanes) is 4. The normalized spacial score (nSPS) is 11.8. The highest BCUT2D eigenvalue weighted by Crippen LogP contribution is 2.15. The van der Waals surface area contributed by atoms with E-state index in [4.69, 9.17) is 10.4 Å². The van der Waals surface area contributed by atoms with Crippen molar-refractivity contribution in [1.29, 1.82) is 5.41 Å². The van der Waals surface area contributed by atoms with E-state index in [9.17, 15) is 0 Å². The molecule has 6 heteroatoms. The van der Waals surface area contributed by atoms with Gasteiger partial charge in [0.15, 0.2) is 0 Å². The third-order valence-corrected chi connectivity index (χ3v) is 4.90. The zero-order valence-electron chi connectivity index (χ0n) is 18.2. The molecule has 0 atom stereocenters. The van der Waals surface area contributed by atoms with Crippen molar-refractivity contribution in [2.75, 3.05) is 39.3 Å². The van der Waals surface area contributed by atoms with E-state index in [2.05, 4.69) is 51.8 Å². The van der Waals surface area contributed by atoms with Gasteiger partial charge in [0, 0.05) is 26.2 Å². The molecule has 0 aliphatic carbocycles. The van der Waals surface area contributed by atoms with Crippen molar-refractivity contribution >= 4 is 11.9 Å². The lowest BCUT2D eigenvalue weighted by Crippen LogP contribution is -3.00. The molecule has 5 nitrogen and oxygen atoms in total. The van der Waals surface area contributed by atoms with Crippen molar-refractivity contribution in [2.24, 2.45) is 4.99 Å². The molecule has 0 aliphatic rings. The fourth-order valence-corrected chi connectivity index (χ4v) is 3.27. The van der Waals surface area contributed by atoms with Gasteiger partial charge in [-0.05, 0) is 40.5 Å². The summed E-state index contributed by atoms with van der Waals surface area (Å²) < 4.78 is 0.528. The lowest BCUT2D eigenvalue weighted by Gasteiger charge is -2.40. The van der Waals surface area contributed by atoms with Gasteiger partial charge in [0.25, 0.3) is 0 Å². The molecular formula is C20H44ClN5. The van der Waals surface area contributed by atoms with E-state index in [1.165, 1.54) is 38.5 Å². The van der Waals surface area contributed by atoms with Crippen molar-refractivity contribution in [3.8, 4) is 0 Å². The molecule has 156 valence electrons. The average molecular weight is 390 g/mol. The Morgan fingerprint density at radius 2 is 1.38 bits per heavy atom. The van der Waals surface area contributed by atoms with Gasteiger partial charge < -0.3 is 22.6 Å². The van der Waals surface area contributed by atoms with Crippen LogP contribution < -0.4 is 17.7 Å². The molecule has 0 rings (SSSR count). The van der Waals surface area contributed by atoms with Gasteiger partial charge in [-0.15, -0.1) is 0 Å². The zero-order chi connectivity index (χ0) is 19.1. The minimum Gasteiger partial charge on any atom is -1.00 e. The van der Waals surface area contributed by atoms with Gasteiger partial charge >= 0.3 is 11.9 Å². The third kappa shape index (κ3) is 8.26. The molecule has 0 aromatic rings. The fraction of sp³-hybridized carbons (Fsp3) is 0.900. The Morgan fingerprint density at radius 3 is 1.73 bits per heavy atom. The standard InChI is InChI=1S/C20H44N5.ClH/c1-7-13-15-17-24(18-16-14-8-2)19(21)25(11-5,12-6)20(22-9-3)23-10-4;/h21H,7-18H2,1-6H3,(H,22,23);1H/q+1;/p-1. The first kappa shape index (κ1) is 27.4. The number of hydrogen-bond donors (Lipinski definition) is 2. The number of aliphatic imine (C=N–C) groups is 1. The van der Waals surface area contributed by atoms with Gasteiger partial charge in [-0.3, -0.25) is 0 Å². The van der Waals surface area contributed by atoms with E-state index >= 15 is 0 Å². The van der Waals surface area contributed by atoms with E-state index in [1.807, 2.05) is 0 Å². The fourth-order valence-electron chi connectivity index (χ4n) is 3.27. The van der Waals surface area contributed by atoms with Crippen LogP contribution in [0.4, 0.5) is 0 Å². The van der Waals surface area contributed by atoms with Crippen molar-refractivity contribution in [2.45, 2.75) is 80.1 Å². The second-order valence-electron chi connectivity index (χ2n) is 6.65. The van der Waals surface area contributed by atoms with Crippen LogP contribution in [0.2, 0.25) is 0 Å².